The molecule has 1 aromatic carbocycles. The first-order chi connectivity index (χ1) is 9.60. The highest BCUT2D eigenvalue weighted by Gasteiger charge is 2.20. The molecule has 0 aromatic heterocycles. The van der Waals surface area contributed by atoms with Crippen molar-refractivity contribution in [2.75, 3.05) is 19.7 Å². The summed E-state index contributed by atoms with van der Waals surface area (Å²) in [6.45, 7) is 2.75. The lowest BCUT2D eigenvalue weighted by atomic mass is 9.95. The highest BCUT2D eigenvalue weighted by atomic mass is 32.1. The van der Waals surface area contributed by atoms with Crippen LogP contribution in [0.25, 0.3) is 0 Å². The summed E-state index contributed by atoms with van der Waals surface area (Å²) < 4.78 is 14.0. The molecule has 0 bridgehead atoms. The van der Waals surface area contributed by atoms with Crippen LogP contribution in [0, 0.1) is 11.7 Å². The lowest BCUT2D eigenvalue weighted by Crippen LogP contribution is -2.35. The Morgan fingerprint density at radius 2 is 2.30 bits per heavy atom. The maximum absolute atomic E-state index is 14.0. The monoisotopic (exact) mass is 296 g/mol. The summed E-state index contributed by atoms with van der Waals surface area (Å²) in [4.78, 5) is 2.47. The van der Waals surface area contributed by atoms with E-state index >= 15 is 0 Å². The maximum Gasteiger partial charge on any atom is 0.128 e. The molecule has 1 unspecified atom stereocenters. The van der Waals surface area contributed by atoms with Crippen molar-refractivity contribution < 1.29 is 9.50 Å². The molecule has 1 atom stereocenters. The van der Waals surface area contributed by atoms with Gasteiger partial charge in [-0.1, -0.05) is 24.4 Å². The third-order valence-corrected chi connectivity index (χ3v) is 4.11. The van der Waals surface area contributed by atoms with E-state index in [0.717, 1.165) is 32.4 Å². The van der Waals surface area contributed by atoms with Gasteiger partial charge in [0, 0.05) is 30.8 Å². The molecule has 1 fully saturated rings. The fraction of sp³-hybridized carbons (Fsp3) is 0.533. The van der Waals surface area contributed by atoms with Gasteiger partial charge in [-0.15, -0.1) is 0 Å². The van der Waals surface area contributed by atoms with E-state index in [2.05, 4.69) is 4.90 Å². The van der Waals surface area contributed by atoms with Gasteiger partial charge in [-0.05, 0) is 37.8 Å². The largest absolute Gasteiger partial charge is 0.396 e. The summed E-state index contributed by atoms with van der Waals surface area (Å²) in [6, 6.07) is 4.95. The van der Waals surface area contributed by atoms with E-state index in [0.29, 0.717) is 23.6 Å². The van der Waals surface area contributed by atoms with Crippen molar-refractivity contribution in [3.63, 3.8) is 0 Å². The second-order valence-corrected chi connectivity index (χ2v) is 5.87. The lowest BCUT2D eigenvalue weighted by Gasteiger charge is -2.32. The number of thiocarbonyl (C=S) groups is 1. The molecule has 0 aliphatic carbocycles. The van der Waals surface area contributed by atoms with Crippen LogP contribution in [-0.4, -0.2) is 34.7 Å². The van der Waals surface area contributed by atoms with Crippen molar-refractivity contribution in [1.82, 2.24) is 4.90 Å². The van der Waals surface area contributed by atoms with Crippen LogP contribution in [0.1, 0.15) is 30.4 Å². The van der Waals surface area contributed by atoms with E-state index in [9.17, 15) is 4.39 Å². The summed E-state index contributed by atoms with van der Waals surface area (Å²) in [5.74, 6) is 0.271. The third-order valence-electron chi connectivity index (χ3n) is 3.87. The molecule has 1 aromatic rings. The molecule has 3 nitrogen and oxygen atoms in total. The quantitative estimate of drug-likeness (QED) is 0.817. The molecule has 1 aliphatic rings. The zero-order valence-corrected chi connectivity index (χ0v) is 12.3. The number of hydrogen-bond acceptors (Lipinski definition) is 3. The number of rotatable bonds is 5. The van der Waals surface area contributed by atoms with Crippen molar-refractivity contribution in [2.45, 2.75) is 25.8 Å². The number of nitrogens with two attached hydrogens (primary N) is 1. The minimum atomic E-state index is -0.250. The summed E-state index contributed by atoms with van der Waals surface area (Å²) in [6.07, 6.45) is 3.09. The highest BCUT2D eigenvalue weighted by molar-refractivity contribution is 7.80. The normalized spacial score (nSPS) is 20.0. The van der Waals surface area contributed by atoms with Crippen LogP contribution in [0.2, 0.25) is 0 Å². The van der Waals surface area contributed by atoms with Gasteiger partial charge in [0.2, 0.25) is 0 Å². The molecule has 0 saturated carbocycles. The van der Waals surface area contributed by atoms with Gasteiger partial charge in [-0.25, -0.2) is 4.39 Å². The minimum Gasteiger partial charge on any atom is -0.396 e. The predicted octanol–water partition coefficient (Wildman–Crippen LogP) is 2.05. The molecule has 5 heteroatoms. The Bertz CT molecular complexity index is 479. The molecular formula is C15H21FN2OS. The fourth-order valence-electron chi connectivity index (χ4n) is 2.78. The van der Waals surface area contributed by atoms with Gasteiger partial charge in [-0.3, -0.25) is 4.90 Å². The lowest BCUT2D eigenvalue weighted by molar-refractivity contribution is 0.141. The van der Waals surface area contributed by atoms with E-state index in [1.165, 1.54) is 6.07 Å². The van der Waals surface area contributed by atoms with Crippen molar-refractivity contribution in [3.05, 3.63) is 35.1 Å². The molecule has 0 spiro atoms. The SMILES string of the molecule is NC(=S)c1ccc(CN2CCCC(CCO)C2)c(F)c1. The van der Waals surface area contributed by atoms with Gasteiger partial charge in [0.25, 0.3) is 0 Å². The average molecular weight is 296 g/mol. The number of aliphatic hydroxyl groups excluding tert-OH is 1. The number of piperidine rings is 1. The molecule has 1 aliphatic heterocycles. The van der Waals surface area contributed by atoms with Gasteiger partial charge in [0.15, 0.2) is 0 Å². The summed E-state index contributed by atoms with van der Waals surface area (Å²) >= 11 is 4.85. The first-order valence-corrected chi connectivity index (χ1v) is 7.42. The predicted molar refractivity (Wildman–Crippen MR) is 82.0 cm³/mol. The molecule has 3 N–H and O–H groups in total. The molecule has 1 heterocycles. The molecule has 20 heavy (non-hydrogen) atoms. The van der Waals surface area contributed by atoms with Crippen LogP contribution in [0.3, 0.4) is 0 Å². The number of nitrogens with zero attached hydrogens (tertiary/aromatic N) is 1. The molecule has 2 rings (SSSR count). The van der Waals surface area contributed by atoms with Gasteiger partial charge >= 0.3 is 0 Å². The standard InChI is InChI=1S/C15H21FN2OS/c16-14-8-12(15(17)20)3-4-13(14)10-18-6-1-2-11(9-18)5-7-19/h3-4,8,11,19H,1-2,5-7,9-10H2,(H2,17,20). The van der Waals surface area contributed by atoms with Gasteiger partial charge in [0.1, 0.15) is 10.8 Å². The molecule has 110 valence electrons. The number of halogens is 1. The zero-order chi connectivity index (χ0) is 14.5. The molecule has 0 radical (unpaired) electrons. The van der Waals surface area contributed by atoms with Crippen molar-refractivity contribution >= 4 is 17.2 Å². The molecule has 0 amide bonds. The fourth-order valence-corrected chi connectivity index (χ4v) is 2.91. The number of benzene rings is 1. The van der Waals surface area contributed by atoms with Gasteiger partial charge in [-0.2, -0.15) is 0 Å². The maximum atomic E-state index is 14.0. The Morgan fingerprint density at radius 3 is 2.95 bits per heavy atom. The summed E-state index contributed by atoms with van der Waals surface area (Å²) in [5, 5.41) is 9.02. The van der Waals surface area contributed by atoms with Gasteiger partial charge in [0.05, 0.1) is 0 Å². The van der Waals surface area contributed by atoms with E-state index in [-0.39, 0.29) is 17.4 Å². The van der Waals surface area contributed by atoms with Crippen molar-refractivity contribution in [1.29, 1.82) is 0 Å². The molecular weight excluding hydrogens is 275 g/mol. The van der Waals surface area contributed by atoms with Crippen LogP contribution in [-0.2, 0) is 6.54 Å². The van der Waals surface area contributed by atoms with E-state index in [1.807, 2.05) is 0 Å². The summed E-state index contributed by atoms with van der Waals surface area (Å²) in [7, 11) is 0. The van der Waals surface area contributed by atoms with Gasteiger partial charge < -0.3 is 10.8 Å². The number of hydrogen-bond donors (Lipinski definition) is 2. The smallest absolute Gasteiger partial charge is 0.128 e. The van der Waals surface area contributed by atoms with Crippen molar-refractivity contribution in [2.24, 2.45) is 11.7 Å². The van der Waals surface area contributed by atoms with Crippen LogP contribution >= 0.6 is 12.2 Å². The first kappa shape index (κ1) is 15.4. The minimum absolute atomic E-state index is 0.219. The van der Waals surface area contributed by atoms with E-state index < -0.39 is 0 Å². The van der Waals surface area contributed by atoms with Crippen LogP contribution < -0.4 is 5.73 Å². The number of likely N-dealkylation sites (tertiary alicyclic amines) is 1. The second kappa shape index (κ2) is 7.11. The van der Waals surface area contributed by atoms with Crippen molar-refractivity contribution in [3.8, 4) is 0 Å². The Morgan fingerprint density at radius 1 is 1.50 bits per heavy atom. The van der Waals surface area contributed by atoms with Crippen LogP contribution in [0.4, 0.5) is 4.39 Å². The average Bonchev–Trinajstić information content (AvgIpc) is 2.42. The second-order valence-electron chi connectivity index (χ2n) is 5.43. The first-order valence-electron chi connectivity index (χ1n) is 7.01. The summed E-state index contributed by atoms with van der Waals surface area (Å²) in [5.41, 5.74) is 6.74. The highest BCUT2D eigenvalue weighted by Crippen LogP contribution is 2.22. The Hall–Kier alpha value is -1.04. The van der Waals surface area contributed by atoms with E-state index in [4.69, 9.17) is 23.1 Å². The van der Waals surface area contributed by atoms with E-state index in [1.54, 1.807) is 12.1 Å². The Balaban J connectivity index is 2.00. The third kappa shape index (κ3) is 3.98. The zero-order valence-electron chi connectivity index (χ0n) is 11.5. The number of aliphatic hydroxyl groups is 1. The topological polar surface area (TPSA) is 49.5 Å². The van der Waals surface area contributed by atoms with Crippen LogP contribution in [0.15, 0.2) is 18.2 Å². The Labute approximate surface area is 124 Å². The van der Waals surface area contributed by atoms with Crippen LogP contribution in [0.5, 0.6) is 0 Å². The molecule has 1 saturated heterocycles. The Kier molecular flexibility index (Phi) is 5.46.